The predicted molar refractivity (Wildman–Crippen MR) is 357 cm³/mol. The highest BCUT2D eigenvalue weighted by Gasteiger charge is 2.19. The molecule has 0 radical (unpaired) electrons. The van der Waals surface area contributed by atoms with Gasteiger partial charge in [0.2, 0.25) is 0 Å². The molecular weight excluding hydrogens is 1010 g/mol. The Morgan fingerprint density at radius 1 is 0.256 bits per heavy atom. The van der Waals surface area contributed by atoms with Gasteiger partial charge in [-0.15, -0.1) is 0 Å². The maximum absolute atomic E-state index is 12.9. The molecule has 0 aliphatic rings. The fourth-order valence-corrected chi connectivity index (χ4v) is 10.1. The van der Waals surface area contributed by atoms with Crippen molar-refractivity contribution in [1.29, 1.82) is 0 Å². The quantitative estimate of drug-likeness (QED) is 0.0261. The van der Waals surface area contributed by atoms with Gasteiger partial charge in [-0.1, -0.05) is 323 Å². The van der Waals surface area contributed by atoms with Gasteiger partial charge in [0.25, 0.3) is 0 Å². The molecule has 0 amide bonds. The molecule has 0 rings (SSSR count). The fourth-order valence-electron chi connectivity index (χ4n) is 10.1. The number of hydrogen-bond acceptors (Lipinski definition) is 6. The Hall–Kier alpha value is -3.67. The molecule has 0 aromatic rings. The van der Waals surface area contributed by atoms with Crippen LogP contribution in [0.15, 0.2) is 97.2 Å². The van der Waals surface area contributed by atoms with Crippen LogP contribution in [0.1, 0.15) is 348 Å². The zero-order valence-electron chi connectivity index (χ0n) is 54.2. The molecule has 0 saturated carbocycles. The monoisotopic (exact) mass is 1140 g/mol. The van der Waals surface area contributed by atoms with Crippen molar-refractivity contribution in [1.82, 2.24) is 0 Å². The normalized spacial score (nSPS) is 12.7. The van der Waals surface area contributed by atoms with Crippen molar-refractivity contribution in [2.24, 2.45) is 0 Å². The average Bonchev–Trinajstić information content (AvgIpc) is 3.47. The van der Waals surface area contributed by atoms with Crippen molar-refractivity contribution in [3.63, 3.8) is 0 Å². The highest BCUT2D eigenvalue weighted by atomic mass is 16.6. The Labute approximate surface area is 508 Å². The zero-order valence-corrected chi connectivity index (χ0v) is 54.2. The first kappa shape index (κ1) is 78.3. The molecule has 0 aromatic carbocycles. The molecule has 82 heavy (non-hydrogen) atoms. The Kier molecular flexibility index (Phi) is 66.7. The lowest BCUT2D eigenvalue weighted by Gasteiger charge is -2.18. The van der Waals surface area contributed by atoms with Gasteiger partial charge >= 0.3 is 17.9 Å². The third kappa shape index (κ3) is 67.1. The van der Waals surface area contributed by atoms with Crippen LogP contribution in [0, 0.1) is 0 Å². The van der Waals surface area contributed by atoms with E-state index in [1.54, 1.807) is 0 Å². The maximum atomic E-state index is 12.9. The first-order valence-electron chi connectivity index (χ1n) is 35.2. The van der Waals surface area contributed by atoms with E-state index in [9.17, 15) is 14.4 Å². The Morgan fingerprint density at radius 2 is 0.476 bits per heavy atom. The number of carbonyl (C=O) groups is 3. The van der Waals surface area contributed by atoms with Gasteiger partial charge in [-0.3, -0.25) is 14.4 Å². The minimum atomic E-state index is -0.776. The standard InChI is InChI=1S/C76H132O6/c1-4-7-10-13-16-19-21-23-25-27-29-31-33-34-35-36-37-38-39-40-41-42-44-45-47-49-51-53-55-57-60-63-66-69-75(78)81-72-73(71-80-74(77)68-65-62-59-18-15-12-9-6-3)82-76(79)70-67-64-61-58-56-54-52-50-48-46-43-32-30-28-26-24-22-20-17-14-11-8-5-2/h7,10,16,19,22-25,28-31,34-35,37-38,73H,4-6,8-9,11-15,17-18,20-21,26-27,32-33,36,39-72H2,1-3H3/b10-7-,19-16-,24-22-,25-23-,30-28-,31-29-,35-34-,38-37-. The smallest absolute Gasteiger partial charge is 0.306 e. The van der Waals surface area contributed by atoms with Crippen LogP contribution in [0.4, 0.5) is 0 Å². The summed E-state index contributed by atoms with van der Waals surface area (Å²) in [4.78, 5) is 38.2. The van der Waals surface area contributed by atoms with E-state index < -0.39 is 6.10 Å². The first-order valence-corrected chi connectivity index (χ1v) is 35.2. The van der Waals surface area contributed by atoms with Crippen LogP contribution >= 0.6 is 0 Å². The highest BCUT2D eigenvalue weighted by molar-refractivity contribution is 5.71. The summed E-state index contributed by atoms with van der Waals surface area (Å²) in [7, 11) is 0. The first-order chi connectivity index (χ1) is 40.5. The SMILES string of the molecule is CC/C=C\C/C=C\C/C=C\C/C=C\C/C=C\C/C=C\CCCCCCCCCCCCCCCCC(=O)OCC(COC(=O)CCCCCCCCCC)OC(=O)CCCCCCCCCCCCC/C=C\C/C=C\CCCCCCC. The number of ether oxygens (including phenoxy) is 3. The summed E-state index contributed by atoms with van der Waals surface area (Å²) in [6, 6.07) is 0. The summed E-state index contributed by atoms with van der Waals surface area (Å²) in [5.74, 6) is -0.866. The Bertz CT molecular complexity index is 1590. The second-order valence-corrected chi connectivity index (χ2v) is 23.4. The largest absolute Gasteiger partial charge is 0.462 e. The van der Waals surface area contributed by atoms with Gasteiger partial charge in [0.15, 0.2) is 6.10 Å². The molecule has 0 aliphatic heterocycles. The molecule has 0 fully saturated rings. The lowest BCUT2D eigenvalue weighted by molar-refractivity contribution is -0.167. The number of esters is 3. The van der Waals surface area contributed by atoms with Gasteiger partial charge < -0.3 is 14.2 Å². The second kappa shape index (κ2) is 69.8. The van der Waals surface area contributed by atoms with Gasteiger partial charge in [-0.2, -0.15) is 0 Å². The van der Waals surface area contributed by atoms with Crippen molar-refractivity contribution >= 4 is 17.9 Å². The van der Waals surface area contributed by atoms with E-state index in [0.717, 1.165) is 103 Å². The molecule has 6 nitrogen and oxygen atoms in total. The van der Waals surface area contributed by atoms with Crippen LogP contribution in [0.5, 0.6) is 0 Å². The van der Waals surface area contributed by atoms with E-state index in [2.05, 4.69) is 118 Å². The van der Waals surface area contributed by atoms with E-state index >= 15 is 0 Å². The molecule has 0 spiro atoms. The summed E-state index contributed by atoms with van der Waals surface area (Å²) in [6.45, 7) is 6.52. The summed E-state index contributed by atoms with van der Waals surface area (Å²) >= 11 is 0. The minimum absolute atomic E-state index is 0.0740. The van der Waals surface area contributed by atoms with Crippen LogP contribution < -0.4 is 0 Å². The van der Waals surface area contributed by atoms with Crippen molar-refractivity contribution in [3.8, 4) is 0 Å². The average molecular weight is 1140 g/mol. The van der Waals surface area contributed by atoms with E-state index in [-0.39, 0.29) is 31.1 Å². The molecule has 0 saturated heterocycles. The molecule has 0 aliphatic carbocycles. The van der Waals surface area contributed by atoms with Crippen molar-refractivity contribution in [2.75, 3.05) is 13.2 Å². The van der Waals surface area contributed by atoms with Crippen molar-refractivity contribution in [2.45, 2.75) is 354 Å². The number of rotatable bonds is 64. The minimum Gasteiger partial charge on any atom is -0.462 e. The van der Waals surface area contributed by atoms with E-state index in [0.29, 0.717) is 19.3 Å². The zero-order chi connectivity index (χ0) is 59.2. The molecule has 1 atom stereocenters. The predicted octanol–water partition coefficient (Wildman–Crippen LogP) is 24.4. The molecule has 0 N–H and O–H groups in total. The number of allylic oxidation sites excluding steroid dienone is 16. The molecule has 0 heterocycles. The summed E-state index contributed by atoms with van der Waals surface area (Å²) in [5.41, 5.74) is 0. The molecule has 0 aromatic heterocycles. The molecule has 0 bridgehead atoms. The highest BCUT2D eigenvalue weighted by Crippen LogP contribution is 2.17. The van der Waals surface area contributed by atoms with Crippen molar-refractivity contribution < 1.29 is 28.6 Å². The molecule has 1 unspecified atom stereocenters. The van der Waals surface area contributed by atoms with Crippen LogP contribution in [-0.4, -0.2) is 37.2 Å². The number of carbonyl (C=O) groups excluding carboxylic acids is 3. The Morgan fingerprint density at radius 3 is 0.744 bits per heavy atom. The summed E-state index contributed by atoms with van der Waals surface area (Å²) in [6.07, 6.45) is 94.5. The lowest BCUT2D eigenvalue weighted by atomic mass is 10.0. The number of hydrogen-bond donors (Lipinski definition) is 0. The molecule has 6 heteroatoms. The van der Waals surface area contributed by atoms with Crippen LogP contribution in [0.3, 0.4) is 0 Å². The maximum Gasteiger partial charge on any atom is 0.306 e. The van der Waals surface area contributed by atoms with Crippen LogP contribution in [0.25, 0.3) is 0 Å². The topological polar surface area (TPSA) is 78.9 Å². The summed E-state index contributed by atoms with van der Waals surface area (Å²) < 4.78 is 16.9. The van der Waals surface area contributed by atoms with Crippen LogP contribution in [0.2, 0.25) is 0 Å². The summed E-state index contributed by atoms with van der Waals surface area (Å²) in [5, 5.41) is 0. The lowest BCUT2D eigenvalue weighted by Crippen LogP contribution is -2.30. The third-order valence-electron chi connectivity index (χ3n) is 15.3. The fraction of sp³-hybridized carbons (Fsp3) is 0.750. The van der Waals surface area contributed by atoms with E-state index in [4.69, 9.17) is 14.2 Å². The van der Waals surface area contributed by atoms with E-state index in [1.807, 2.05) is 0 Å². The second-order valence-electron chi connectivity index (χ2n) is 23.4. The van der Waals surface area contributed by atoms with Gasteiger partial charge in [0.1, 0.15) is 13.2 Å². The van der Waals surface area contributed by atoms with Gasteiger partial charge in [-0.05, 0) is 103 Å². The van der Waals surface area contributed by atoms with Gasteiger partial charge in [0.05, 0.1) is 0 Å². The van der Waals surface area contributed by atoms with Crippen molar-refractivity contribution in [3.05, 3.63) is 97.2 Å². The Balaban J connectivity index is 4.10. The van der Waals surface area contributed by atoms with E-state index in [1.165, 1.54) is 205 Å². The molecular formula is C76H132O6. The molecule has 472 valence electrons. The van der Waals surface area contributed by atoms with Gasteiger partial charge in [0, 0.05) is 19.3 Å². The number of unbranched alkanes of at least 4 members (excludes halogenated alkanes) is 37. The third-order valence-corrected chi connectivity index (χ3v) is 15.3. The van der Waals surface area contributed by atoms with Crippen LogP contribution in [-0.2, 0) is 28.6 Å². The van der Waals surface area contributed by atoms with Gasteiger partial charge in [-0.25, -0.2) is 0 Å².